The van der Waals surface area contributed by atoms with Gasteiger partial charge in [0.1, 0.15) is 0 Å². The van der Waals surface area contributed by atoms with Crippen LogP contribution in [0.5, 0.6) is 0 Å². The first-order chi connectivity index (χ1) is 13.1. The minimum Gasteiger partial charge on any atom is -0.268 e. The van der Waals surface area contributed by atoms with E-state index < -0.39 is 16.1 Å². The van der Waals surface area contributed by atoms with Gasteiger partial charge in [0.2, 0.25) is 0 Å². The maximum atomic E-state index is 13.3. The standard InChI is InChI=1S/C20H17N3O3S/c24-20-18-10-4-5-11-19(18)22(15-17-9-6-12-21-13-17)27(25,26)23(20)14-16-7-2-1-3-8-16/h1-13H,14-15H2. The van der Waals surface area contributed by atoms with E-state index in [1.807, 2.05) is 24.3 Å². The molecule has 0 radical (unpaired) electrons. The lowest BCUT2D eigenvalue weighted by Crippen LogP contribution is -2.50. The second kappa shape index (κ2) is 6.85. The van der Waals surface area contributed by atoms with E-state index in [-0.39, 0.29) is 13.1 Å². The van der Waals surface area contributed by atoms with Crippen molar-refractivity contribution < 1.29 is 13.2 Å². The van der Waals surface area contributed by atoms with Gasteiger partial charge in [-0.1, -0.05) is 48.5 Å². The first-order valence-electron chi connectivity index (χ1n) is 8.44. The number of hydrogen-bond donors (Lipinski definition) is 0. The molecule has 0 N–H and O–H groups in total. The van der Waals surface area contributed by atoms with E-state index >= 15 is 0 Å². The number of rotatable bonds is 4. The fourth-order valence-corrected chi connectivity index (χ4v) is 4.66. The molecule has 0 saturated heterocycles. The number of amides is 1. The lowest BCUT2D eigenvalue weighted by molar-refractivity contribution is 0.0851. The lowest BCUT2D eigenvalue weighted by atomic mass is 10.1. The maximum absolute atomic E-state index is 13.3. The Kier molecular flexibility index (Phi) is 4.37. The Morgan fingerprint density at radius 1 is 0.778 bits per heavy atom. The summed E-state index contributed by atoms with van der Waals surface area (Å²) in [6.45, 7) is 0.0889. The van der Waals surface area contributed by atoms with E-state index in [4.69, 9.17) is 0 Å². The normalized spacial score (nSPS) is 15.5. The molecule has 27 heavy (non-hydrogen) atoms. The van der Waals surface area contributed by atoms with E-state index in [9.17, 15) is 13.2 Å². The Balaban J connectivity index is 1.79. The number of nitrogens with zero attached hydrogens (tertiary/aromatic N) is 3. The van der Waals surface area contributed by atoms with Gasteiger partial charge >= 0.3 is 10.2 Å². The number of aromatic nitrogens is 1. The minimum atomic E-state index is -4.03. The zero-order valence-electron chi connectivity index (χ0n) is 14.4. The van der Waals surface area contributed by atoms with Crippen LogP contribution < -0.4 is 4.31 Å². The molecule has 4 rings (SSSR count). The Labute approximate surface area is 157 Å². The topological polar surface area (TPSA) is 70.6 Å². The zero-order valence-corrected chi connectivity index (χ0v) is 15.2. The van der Waals surface area contributed by atoms with Crippen molar-refractivity contribution in [3.63, 3.8) is 0 Å². The fourth-order valence-electron chi connectivity index (χ4n) is 3.08. The third-order valence-electron chi connectivity index (χ3n) is 4.40. The van der Waals surface area contributed by atoms with Gasteiger partial charge in [-0.25, -0.2) is 8.61 Å². The third kappa shape index (κ3) is 3.17. The summed E-state index contributed by atoms with van der Waals surface area (Å²) in [5, 5.41) is 0. The molecule has 0 atom stereocenters. The average Bonchev–Trinajstić information content (AvgIpc) is 2.70. The number of para-hydroxylation sites is 1. The number of benzene rings is 2. The Hall–Kier alpha value is -3.19. The van der Waals surface area contributed by atoms with Crippen LogP contribution >= 0.6 is 0 Å². The molecule has 2 heterocycles. The predicted octanol–water partition coefficient (Wildman–Crippen LogP) is 2.99. The molecular formula is C20H17N3O3S. The van der Waals surface area contributed by atoms with Crippen LogP contribution in [0.3, 0.4) is 0 Å². The molecule has 6 nitrogen and oxygen atoms in total. The molecule has 0 unspecified atom stereocenters. The second-order valence-electron chi connectivity index (χ2n) is 6.19. The molecule has 0 spiro atoms. The van der Waals surface area contributed by atoms with E-state index in [0.717, 1.165) is 15.4 Å². The summed E-state index contributed by atoms with van der Waals surface area (Å²) < 4.78 is 28.8. The van der Waals surface area contributed by atoms with Crippen molar-refractivity contribution in [2.75, 3.05) is 4.31 Å². The molecule has 2 aromatic carbocycles. The molecule has 136 valence electrons. The molecule has 1 amide bonds. The van der Waals surface area contributed by atoms with E-state index in [0.29, 0.717) is 11.3 Å². The quantitative estimate of drug-likeness (QED) is 0.699. The SMILES string of the molecule is O=C1c2ccccc2N(Cc2cccnc2)S(=O)(=O)N1Cc1ccccc1. The van der Waals surface area contributed by atoms with Gasteiger partial charge in [0, 0.05) is 12.4 Å². The summed E-state index contributed by atoms with van der Waals surface area (Å²) in [5.41, 5.74) is 2.24. The van der Waals surface area contributed by atoms with Gasteiger partial charge in [-0.3, -0.25) is 9.78 Å². The van der Waals surface area contributed by atoms with Crippen molar-refractivity contribution in [3.8, 4) is 0 Å². The molecule has 3 aromatic rings. The number of fused-ring (bicyclic) bond motifs is 1. The number of anilines is 1. The number of hydrogen-bond acceptors (Lipinski definition) is 4. The molecular weight excluding hydrogens is 362 g/mol. The monoisotopic (exact) mass is 379 g/mol. The van der Waals surface area contributed by atoms with Gasteiger partial charge < -0.3 is 0 Å². The highest BCUT2D eigenvalue weighted by Crippen LogP contribution is 2.34. The predicted molar refractivity (Wildman–Crippen MR) is 102 cm³/mol. The van der Waals surface area contributed by atoms with E-state index in [1.165, 1.54) is 4.31 Å². The molecule has 0 saturated carbocycles. The van der Waals surface area contributed by atoms with Crippen molar-refractivity contribution in [3.05, 3.63) is 95.8 Å². The zero-order chi connectivity index (χ0) is 18.9. The molecule has 0 aliphatic carbocycles. The van der Waals surface area contributed by atoms with Gasteiger partial charge in [-0.05, 0) is 29.3 Å². The summed E-state index contributed by atoms with van der Waals surface area (Å²) in [5.74, 6) is -0.517. The summed E-state index contributed by atoms with van der Waals surface area (Å²) in [6, 6.07) is 19.4. The van der Waals surface area contributed by atoms with E-state index in [2.05, 4.69) is 4.98 Å². The Morgan fingerprint density at radius 2 is 1.44 bits per heavy atom. The Bertz CT molecular complexity index is 1070. The third-order valence-corrected chi connectivity index (χ3v) is 6.14. The summed E-state index contributed by atoms with van der Waals surface area (Å²) in [7, 11) is -4.03. The second-order valence-corrected chi connectivity index (χ2v) is 7.97. The van der Waals surface area contributed by atoms with Gasteiger partial charge in [-0.2, -0.15) is 8.42 Å². The van der Waals surface area contributed by atoms with Crippen LogP contribution in [0, 0.1) is 0 Å². The van der Waals surface area contributed by atoms with Crippen LogP contribution in [-0.2, 0) is 23.3 Å². The van der Waals surface area contributed by atoms with Crippen molar-refractivity contribution in [1.29, 1.82) is 0 Å². The van der Waals surface area contributed by atoms with Crippen LogP contribution in [0.4, 0.5) is 5.69 Å². The first kappa shape index (κ1) is 17.2. The highest BCUT2D eigenvalue weighted by Gasteiger charge is 2.41. The van der Waals surface area contributed by atoms with Gasteiger partial charge in [0.05, 0.1) is 24.3 Å². The Morgan fingerprint density at radius 3 is 2.19 bits per heavy atom. The average molecular weight is 379 g/mol. The van der Waals surface area contributed by atoms with E-state index in [1.54, 1.807) is 54.9 Å². The smallest absolute Gasteiger partial charge is 0.268 e. The molecule has 7 heteroatoms. The van der Waals surface area contributed by atoms with Crippen LogP contribution in [0.15, 0.2) is 79.1 Å². The summed E-state index contributed by atoms with van der Waals surface area (Å²) in [6.07, 6.45) is 3.25. The van der Waals surface area contributed by atoms with Crippen LogP contribution in [0.2, 0.25) is 0 Å². The van der Waals surface area contributed by atoms with Crippen LogP contribution in [0.25, 0.3) is 0 Å². The molecule has 0 bridgehead atoms. The number of pyridine rings is 1. The van der Waals surface area contributed by atoms with Crippen molar-refractivity contribution in [1.82, 2.24) is 9.29 Å². The highest BCUT2D eigenvalue weighted by molar-refractivity contribution is 7.91. The highest BCUT2D eigenvalue weighted by atomic mass is 32.2. The van der Waals surface area contributed by atoms with Crippen LogP contribution in [-0.4, -0.2) is 23.6 Å². The maximum Gasteiger partial charge on any atom is 0.329 e. The van der Waals surface area contributed by atoms with Gasteiger partial charge in [0.15, 0.2) is 0 Å². The fraction of sp³-hybridized carbons (Fsp3) is 0.100. The van der Waals surface area contributed by atoms with Gasteiger partial charge in [-0.15, -0.1) is 0 Å². The first-order valence-corrected chi connectivity index (χ1v) is 9.83. The van der Waals surface area contributed by atoms with Crippen LogP contribution in [0.1, 0.15) is 21.5 Å². The van der Waals surface area contributed by atoms with Crippen molar-refractivity contribution in [2.45, 2.75) is 13.1 Å². The molecule has 0 fully saturated rings. The molecule has 1 aromatic heterocycles. The lowest BCUT2D eigenvalue weighted by Gasteiger charge is -2.37. The summed E-state index contributed by atoms with van der Waals surface area (Å²) in [4.78, 5) is 17.0. The number of carbonyl (C=O) groups excluding carboxylic acids is 1. The minimum absolute atomic E-state index is 0.0140. The van der Waals surface area contributed by atoms with Crippen molar-refractivity contribution in [2.24, 2.45) is 0 Å². The molecule has 1 aliphatic rings. The largest absolute Gasteiger partial charge is 0.329 e. The number of carbonyl (C=O) groups is 1. The van der Waals surface area contributed by atoms with Crippen molar-refractivity contribution >= 4 is 21.8 Å². The van der Waals surface area contributed by atoms with Gasteiger partial charge in [0.25, 0.3) is 5.91 Å². The molecule has 1 aliphatic heterocycles. The summed E-state index contributed by atoms with van der Waals surface area (Å²) >= 11 is 0.